The van der Waals surface area contributed by atoms with Crippen molar-refractivity contribution in [2.45, 2.75) is 0 Å². The summed E-state index contributed by atoms with van der Waals surface area (Å²) < 4.78 is 10.3. The number of rotatable bonds is 7. The molecule has 0 atom stereocenters. The minimum atomic E-state index is -0.150. The van der Waals surface area contributed by atoms with Gasteiger partial charge in [0.1, 0.15) is 11.5 Å². The van der Waals surface area contributed by atoms with Gasteiger partial charge >= 0.3 is 0 Å². The fourth-order valence-corrected chi connectivity index (χ4v) is 2.78. The second-order valence-electron chi connectivity index (χ2n) is 6.16. The molecule has 7 heteroatoms. The molecule has 0 aliphatic carbocycles. The molecule has 0 unspecified atom stereocenters. The fraction of sp³-hybridized carbons (Fsp3) is 0.300. The van der Waals surface area contributed by atoms with Crippen LogP contribution in [0.15, 0.2) is 57.8 Å². The van der Waals surface area contributed by atoms with E-state index in [2.05, 4.69) is 10.2 Å². The molecular weight excluding hydrogens is 346 g/mol. The molecule has 1 saturated heterocycles. The molecule has 27 heavy (non-hydrogen) atoms. The summed E-state index contributed by atoms with van der Waals surface area (Å²) >= 11 is 0. The van der Waals surface area contributed by atoms with Crippen molar-refractivity contribution in [1.82, 2.24) is 15.1 Å². The molecule has 0 saturated carbocycles. The third-order valence-electron chi connectivity index (χ3n) is 4.29. The van der Waals surface area contributed by atoms with Crippen LogP contribution in [0.25, 0.3) is 12.2 Å². The van der Waals surface area contributed by atoms with Crippen LogP contribution < -0.4 is 5.32 Å². The van der Waals surface area contributed by atoms with Crippen molar-refractivity contribution in [1.29, 1.82) is 0 Å². The second-order valence-corrected chi connectivity index (χ2v) is 6.16. The molecule has 0 bridgehead atoms. The molecule has 1 fully saturated rings. The Bertz CT molecular complexity index is 768. The van der Waals surface area contributed by atoms with E-state index in [0.717, 1.165) is 19.6 Å². The van der Waals surface area contributed by atoms with Gasteiger partial charge in [0.2, 0.25) is 11.8 Å². The summed E-state index contributed by atoms with van der Waals surface area (Å²) in [6, 6.07) is 7.15. The van der Waals surface area contributed by atoms with Gasteiger partial charge in [0.25, 0.3) is 0 Å². The standard InChI is InChI=1S/C20H23N3O4/c24-19(7-5-17-3-1-15-26-17)21-9-10-22-11-13-23(14-12-22)20(25)8-6-18-4-2-16-27-18/h1-8,15-16H,9-14H2,(H,21,24)/b7-5+,8-6+. The second kappa shape index (κ2) is 9.59. The van der Waals surface area contributed by atoms with Crippen molar-refractivity contribution in [2.24, 2.45) is 0 Å². The van der Waals surface area contributed by atoms with Gasteiger partial charge < -0.3 is 19.1 Å². The molecule has 7 nitrogen and oxygen atoms in total. The molecule has 0 radical (unpaired) electrons. The quantitative estimate of drug-likeness (QED) is 0.754. The molecule has 3 rings (SSSR count). The van der Waals surface area contributed by atoms with Gasteiger partial charge in [-0.2, -0.15) is 0 Å². The highest BCUT2D eigenvalue weighted by Gasteiger charge is 2.19. The lowest BCUT2D eigenvalue weighted by atomic mass is 10.3. The van der Waals surface area contributed by atoms with Gasteiger partial charge in [-0.05, 0) is 36.4 Å². The Kier molecular flexibility index (Phi) is 6.65. The van der Waals surface area contributed by atoms with Crippen LogP contribution >= 0.6 is 0 Å². The number of nitrogens with one attached hydrogen (secondary N) is 1. The molecule has 0 aromatic carbocycles. The van der Waals surface area contributed by atoms with Crippen molar-refractivity contribution >= 4 is 24.0 Å². The van der Waals surface area contributed by atoms with Crippen LogP contribution in [0.1, 0.15) is 11.5 Å². The molecule has 3 heterocycles. The summed E-state index contributed by atoms with van der Waals surface area (Å²) in [5.74, 6) is 1.15. The molecule has 142 valence electrons. The van der Waals surface area contributed by atoms with Crippen molar-refractivity contribution in [3.63, 3.8) is 0 Å². The topological polar surface area (TPSA) is 78.9 Å². The van der Waals surface area contributed by atoms with Gasteiger partial charge in [-0.3, -0.25) is 14.5 Å². The number of furan rings is 2. The van der Waals surface area contributed by atoms with Gasteiger partial charge in [-0.25, -0.2) is 0 Å². The van der Waals surface area contributed by atoms with Gasteiger partial charge in [-0.15, -0.1) is 0 Å². The Hall–Kier alpha value is -3.06. The number of amides is 2. The maximum absolute atomic E-state index is 12.2. The summed E-state index contributed by atoms with van der Waals surface area (Å²) in [6.07, 6.45) is 9.46. The van der Waals surface area contributed by atoms with Crippen molar-refractivity contribution in [3.8, 4) is 0 Å². The smallest absolute Gasteiger partial charge is 0.246 e. The van der Waals surface area contributed by atoms with Gasteiger partial charge in [0.05, 0.1) is 12.5 Å². The van der Waals surface area contributed by atoms with Gasteiger partial charge in [0, 0.05) is 51.4 Å². The molecule has 0 spiro atoms. The largest absolute Gasteiger partial charge is 0.465 e. The van der Waals surface area contributed by atoms with E-state index in [1.807, 2.05) is 4.90 Å². The zero-order chi connectivity index (χ0) is 18.9. The third kappa shape index (κ3) is 6.00. The highest BCUT2D eigenvalue weighted by Crippen LogP contribution is 2.06. The number of hydrogen-bond acceptors (Lipinski definition) is 5. The summed E-state index contributed by atoms with van der Waals surface area (Å²) in [6.45, 7) is 4.25. The van der Waals surface area contributed by atoms with E-state index < -0.39 is 0 Å². The average molecular weight is 369 g/mol. The SMILES string of the molecule is O=C(/C=C/c1ccco1)NCCN1CCN(C(=O)/C=C/c2ccco2)CC1. The molecule has 1 aliphatic heterocycles. The van der Waals surface area contributed by atoms with E-state index in [4.69, 9.17) is 8.83 Å². The lowest BCUT2D eigenvalue weighted by Gasteiger charge is -2.34. The monoisotopic (exact) mass is 369 g/mol. The molecule has 2 amide bonds. The average Bonchev–Trinajstić information content (AvgIpc) is 3.39. The lowest BCUT2D eigenvalue weighted by Crippen LogP contribution is -2.49. The summed E-state index contributed by atoms with van der Waals surface area (Å²) in [4.78, 5) is 28.0. The number of nitrogens with zero attached hydrogens (tertiary/aromatic N) is 2. The minimum Gasteiger partial charge on any atom is -0.465 e. The highest BCUT2D eigenvalue weighted by atomic mass is 16.3. The van der Waals surface area contributed by atoms with E-state index in [1.165, 1.54) is 6.08 Å². The van der Waals surface area contributed by atoms with E-state index in [0.29, 0.717) is 31.2 Å². The third-order valence-corrected chi connectivity index (χ3v) is 4.29. The van der Waals surface area contributed by atoms with E-state index in [9.17, 15) is 9.59 Å². The molecular formula is C20H23N3O4. The molecule has 1 N–H and O–H groups in total. The first-order chi connectivity index (χ1) is 13.2. The van der Waals surface area contributed by atoms with Crippen molar-refractivity contribution in [2.75, 3.05) is 39.3 Å². The zero-order valence-corrected chi connectivity index (χ0v) is 15.0. The van der Waals surface area contributed by atoms with E-state index in [1.54, 1.807) is 55.0 Å². The highest BCUT2D eigenvalue weighted by molar-refractivity contribution is 5.91. The first kappa shape index (κ1) is 18.7. The predicted molar refractivity (Wildman–Crippen MR) is 102 cm³/mol. The predicted octanol–water partition coefficient (Wildman–Crippen LogP) is 1.86. The number of carbonyl (C=O) groups excluding carboxylic acids is 2. The Morgan fingerprint density at radius 1 is 0.963 bits per heavy atom. The number of piperazine rings is 1. The summed E-state index contributed by atoms with van der Waals surface area (Å²) in [7, 11) is 0. The van der Waals surface area contributed by atoms with E-state index >= 15 is 0 Å². The maximum Gasteiger partial charge on any atom is 0.246 e. The normalized spacial score (nSPS) is 15.6. The van der Waals surface area contributed by atoms with Crippen LogP contribution in [-0.4, -0.2) is 60.9 Å². The van der Waals surface area contributed by atoms with Crippen LogP contribution in [0.2, 0.25) is 0 Å². The van der Waals surface area contributed by atoms with Crippen LogP contribution in [0.5, 0.6) is 0 Å². The summed E-state index contributed by atoms with van der Waals surface area (Å²) in [5.41, 5.74) is 0. The molecule has 2 aromatic rings. The van der Waals surface area contributed by atoms with Crippen LogP contribution in [0, 0.1) is 0 Å². The Morgan fingerprint density at radius 3 is 2.19 bits per heavy atom. The van der Waals surface area contributed by atoms with Crippen LogP contribution in [0.3, 0.4) is 0 Å². The van der Waals surface area contributed by atoms with Crippen LogP contribution in [0.4, 0.5) is 0 Å². The van der Waals surface area contributed by atoms with Gasteiger partial charge in [0.15, 0.2) is 0 Å². The molecule has 1 aliphatic rings. The number of carbonyl (C=O) groups is 2. The van der Waals surface area contributed by atoms with Gasteiger partial charge in [-0.1, -0.05) is 0 Å². The van der Waals surface area contributed by atoms with Crippen LogP contribution in [-0.2, 0) is 9.59 Å². The number of hydrogen-bond donors (Lipinski definition) is 1. The van der Waals surface area contributed by atoms with Crippen molar-refractivity contribution < 1.29 is 18.4 Å². The fourth-order valence-electron chi connectivity index (χ4n) is 2.78. The Morgan fingerprint density at radius 2 is 1.59 bits per heavy atom. The minimum absolute atomic E-state index is 0.0117. The van der Waals surface area contributed by atoms with Crippen molar-refractivity contribution in [3.05, 3.63) is 60.5 Å². The van der Waals surface area contributed by atoms with E-state index in [-0.39, 0.29) is 11.8 Å². The summed E-state index contributed by atoms with van der Waals surface area (Å²) in [5, 5.41) is 2.85. The molecule has 2 aromatic heterocycles. The first-order valence-electron chi connectivity index (χ1n) is 8.93. The lowest BCUT2D eigenvalue weighted by molar-refractivity contribution is -0.127. The maximum atomic E-state index is 12.2. The first-order valence-corrected chi connectivity index (χ1v) is 8.93. The Balaban J connectivity index is 1.32. The zero-order valence-electron chi connectivity index (χ0n) is 15.0. The Labute approximate surface area is 157 Å².